The summed E-state index contributed by atoms with van der Waals surface area (Å²) in [5, 5.41) is 14.5. The smallest absolute Gasteiger partial charge is 0.247 e. The van der Waals surface area contributed by atoms with Crippen LogP contribution in [-0.4, -0.2) is 55.1 Å². The molecular weight excluding hydrogens is 399 g/mol. The number of carbonyl (C=O) groups is 2. The molecule has 2 heterocycles. The van der Waals surface area contributed by atoms with Crippen LogP contribution in [0.25, 0.3) is 0 Å². The van der Waals surface area contributed by atoms with Crippen LogP contribution in [0.5, 0.6) is 0 Å². The molecular formula is C21H26F3N3O3. The highest BCUT2D eigenvalue weighted by molar-refractivity contribution is 6.00. The molecule has 2 aliphatic carbocycles. The lowest BCUT2D eigenvalue weighted by Gasteiger charge is -2.41. The number of alkyl halides is 3. The van der Waals surface area contributed by atoms with Gasteiger partial charge in [-0.25, -0.2) is 13.2 Å². The van der Waals surface area contributed by atoms with E-state index in [4.69, 9.17) is 10.00 Å². The number of carbonyl (C=O) groups excluding carboxylic acids is 2. The van der Waals surface area contributed by atoms with E-state index in [9.17, 15) is 22.8 Å². The molecule has 2 amide bonds. The third kappa shape index (κ3) is 3.70. The number of fused-ring (bicyclic) bond motifs is 2. The van der Waals surface area contributed by atoms with Crippen LogP contribution in [0, 0.1) is 29.1 Å². The number of nitrogens with zero attached hydrogens (tertiary/aromatic N) is 1. The van der Waals surface area contributed by atoms with Crippen molar-refractivity contribution < 1.29 is 27.5 Å². The molecule has 4 rings (SSSR count). The molecule has 0 radical (unpaired) electrons. The zero-order valence-corrected chi connectivity index (χ0v) is 16.7. The molecule has 6 nitrogen and oxygen atoms in total. The monoisotopic (exact) mass is 425 g/mol. The Labute approximate surface area is 173 Å². The van der Waals surface area contributed by atoms with Gasteiger partial charge in [-0.15, -0.1) is 0 Å². The van der Waals surface area contributed by atoms with Gasteiger partial charge in [0.05, 0.1) is 37.2 Å². The Morgan fingerprint density at radius 1 is 1.27 bits per heavy atom. The van der Waals surface area contributed by atoms with Crippen molar-refractivity contribution in [2.75, 3.05) is 6.61 Å². The largest absolute Gasteiger partial charge is 0.376 e. The van der Waals surface area contributed by atoms with Crippen molar-refractivity contribution in [1.29, 1.82) is 5.26 Å². The second kappa shape index (κ2) is 8.22. The number of rotatable bonds is 3. The lowest BCUT2D eigenvalue weighted by molar-refractivity contribution is -0.125. The maximum absolute atomic E-state index is 14.6. The summed E-state index contributed by atoms with van der Waals surface area (Å²) in [6, 6.07) is 1.08. The number of nitriles is 1. The van der Waals surface area contributed by atoms with Crippen LogP contribution in [0.3, 0.4) is 0 Å². The highest BCUT2D eigenvalue weighted by Gasteiger charge is 2.49. The standard InChI is InChI=1S/C21H26F3N3O3/c1-9-11(21(29)27-14-3-2-12(22)20(24)18(9)14)6-17(28)26-15-8-30-16-5-10(7-25)4-13(23)19(15)16/h10,12-16,18-20H,2-6,8H2,1H3,(H,26,28)(H,27,29)/t10?,12?,13?,14?,15-,16?,18?,19?,20?/m1/s1. The molecule has 1 saturated heterocycles. The molecule has 3 fully saturated rings. The summed E-state index contributed by atoms with van der Waals surface area (Å²) in [5.41, 5.74) is 0.554. The van der Waals surface area contributed by atoms with E-state index in [0.29, 0.717) is 18.4 Å². The summed E-state index contributed by atoms with van der Waals surface area (Å²) < 4.78 is 48.5. The maximum atomic E-state index is 14.6. The Hall–Kier alpha value is -2.08. The van der Waals surface area contributed by atoms with Crippen molar-refractivity contribution in [3.8, 4) is 6.07 Å². The van der Waals surface area contributed by atoms with Gasteiger partial charge in [-0.3, -0.25) is 9.59 Å². The highest BCUT2D eigenvalue weighted by atomic mass is 19.2. The van der Waals surface area contributed by atoms with Gasteiger partial charge in [0.15, 0.2) is 0 Å². The average Bonchev–Trinajstić information content (AvgIpc) is 3.10. The van der Waals surface area contributed by atoms with Gasteiger partial charge < -0.3 is 15.4 Å². The van der Waals surface area contributed by atoms with E-state index in [1.54, 1.807) is 6.92 Å². The van der Waals surface area contributed by atoms with Crippen LogP contribution >= 0.6 is 0 Å². The van der Waals surface area contributed by atoms with Crippen LogP contribution in [0.4, 0.5) is 13.2 Å². The van der Waals surface area contributed by atoms with Gasteiger partial charge in [-0.1, -0.05) is 5.57 Å². The van der Waals surface area contributed by atoms with Crippen LogP contribution < -0.4 is 10.6 Å². The topological polar surface area (TPSA) is 91.2 Å². The van der Waals surface area contributed by atoms with Crippen LogP contribution in [0.1, 0.15) is 39.0 Å². The summed E-state index contributed by atoms with van der Waals surface area (Å²) in [6.45, 7) is 1.73. The molecule has 9 heteroatoms. The third-order valence-electron chi connectivity index (χ3n) is 7.14. The van der Waals surface area contributed by atoms with Crippen molar-refractivity contribution in [2.45, 2.75) is 75.7 Å². The summed E-state index contributed by atoms with van der Waals surface area (Å²) >= 11 is 0. The second-order valence-electron chi connectivity index (χ2n) is 8.92. The van der Waals surface area contributed by atoms with E-state index >= 15 is 0 Å². The maximum Gasteiger partial charge on any atom is 0.247 e. The first-order valence-corrected chi connectivity index (χ1v) is 10.5. The number of ether oxygens (including phenoxy) is 1. The Kier molecular flexibility index (Phi) is 5.80. The van der Waals surface area contributed by atoms with Gasteiger partial charge in [-0.05, 0) is 32.6 Å². The summed E-state index contributed by atoms with van der Waals surface area (Å²) in [7, 11) is 0. The van der Waals surface area contributed by atoms with Crippen LogP contribution in [-0.2, 0) is 14.3 Å². The third-order valence-corrected chi connectivity index (χ3v) is 7.14. The molecule has 8 unspecified atom stereocenters. The predicted molar refractivity (Wildman–Crippen MR) is 100 cm³/mol. The molecule has 164 valence electrons. The Morgan fingerprint density at radius 3 is 2.77 bits per heavy atom. The van der Waals surface area contributed by atoms with Gasteiger partial charge in [0.2, 0.25) is 11.8 Å². The first-order valence-electron chi connectivity index (χ1n) is 10.5. The number of nitrogens with one attached hydrogen (secondary N) is 2. The van der Waals surface area contributed by atoms with Gasteiger partial charge >= 0.3 is 0 Å². The number of hydrogen-bond donors (Lipinski definition) is 2. The fourth-order valence-electron chi connectivity index (χ4n) is 5.57. The molecule has 30 heavy (non-hydrogen) atoms. The molecule has 0 spiro atoms. The Balaban J connectivity index is 1.44. The van der Waals surface area contributed by atoms with Crippen molar-refractivity contribution in [3.05, 3.63) is 11.1 Å². The Bertz CT molecular complexity index is 798. The lowest BCUT2D eigenvalue weighted by atomic mass is 9.73. The Morgan fingerprint density at radius 2 is 2.03 bits per heavy atom. The van der Waals surface area contributed by atoms with E-state index in [2.05, 4.69) is 16.7 Å². The van der Waals surface area contributed by atoms with E-state index in [-0.39, 0.29) is 31.4 Å². The van der Waals surface area contributed by atoms with Gasteiger partial charge in [0.25, 0.3) is 0 Å². The summed E-state index contributed by atoms with van der Waals surface area (Å²) in [6.07, 6.45) is -4.27. The molecule has 2 saturated carbocycles. The predicted octanol–water partition coefficient (Wildman–Crippen LogP) is 2.05. The quantitative estimate of drug-likeness (QED) is 0.724. The number of amides is 2. The molecule has 0 aromatic rings. The van der Waals surface area contributed by atoms with Gasteiger partial charge in [0.1, 0.15) is 18.5 Å². The van der Waals surface area contributed by atoms with E-state index in [0.717, 1.165) is 0 Å². The summed E-state index contributed by atoms with van der Waals surface area (Å²) in [5.74, 6) is -2.62. The number of halogens is 3. The molecule has 9 atom stereocenters. The number of hydrogen-bond acceptors (Lipinski definition) is 4. The fraction of sp³-hybridized carbons (Fsp3) is 0.762. The first kappa shape index (κ1) is 21.2. The lowest BCUT2D eigenvalue weighted by Crippen LogP contribution is -2.54. The fourth-order valence-corrected chi connectivity index (χ4v) is 5.57. The van der Waals surface area contributed by atoms with Gasteiger partial charge in [0, 0.05) is 23.5 Å². The highest BCUT2D eigenvalue weighted by Crippen LogP contribution is 2.40. The van der Waals surface area contributed by atoms with Crippen molar-refractivity contribution in [2.24, 2.45) is 17.8 Å². The van der Waals surface area contributed by atoms with Crippen molar-refractivity contribution >= 4 is 11.8 Å². The molecule has 0 aromatic carbocycles. The van der Waals surface area contributed by atoms with Crippen molar-refractivity contribution in [3.63, 3.8) is 0 Å². The molecule has 0 bridgehead atoms. The van der Waals surface area contributed by atoms with E-state index in [1.807, 2.05) is 0 Å². The molecule has 2 aliphatic heterocycles. The minimum atomic E-state index is -1.71. The molecule has 2 N–H and O–H groups in total. The van der Waals surface area contributed by atoms with Crippen LogP contribution in [0.2, 0.25) is 0 Å². The first-order chi connectivity index (χ1) is 14.3. The van der Waals surface area contributed by atoms with E-state index < -0.39 is 66.3 Å². The van der Waals surface area contributed by atoms with Crippen LogP contribution in [0.15, 0.2) is 11.1 Å². The minimum absolute atomic E-state index is 0.0625. The molecule has 4 aliphatic rings. The van der Waals surface area contributed by atoms with Crippen molar-refractivity contribution in [1.82, 2.24) is 10.6 Å². The zero-order chi connectivity index (χ0) is 21.6. The minimum Gasteiger partial charge on any atom is -0.376 e. The SMILES string of the molecule is CC1=C(CC(=O)N[C@@H]2COC3CC(C#N)CC(F)C32)C(=O)NC2CCC(F)C(F)C12. The summed E-state index contributed by atoms with van der Waals surface area (Å²) in [4.78, 5) is 25.1. The molecule has 0 aromatic heterocycles. The average molecular weight is 425 g/mol. The van der Waals surface area contributed by atoms with E-state index in [1.165, 1.54) is 0 Å². The van der Waals surface area contributed by atoms with Gasteiger partial charge in [-0.2, -0.15) is 5.26 Å². The normalized spacial score (nSPS) is 43.3. The zero-order valence-electron chi connectivity index (χ0n) is 16.7. The second-order valence-corrected chi connectivity index (χ2v) is 8.92.